The molecule has 0 spiro atoms. The highest BCUT2D eigenvalue weighted by atomic mass is 35.5. The Morgan fingerprint density at radius 1 is 1.07 bits per heavy atom. The van der Waals surface area contributed by atoms with Gasteiger partial charge >= 0.3 is 0 Å². The maximum atomic E-state index is 6.42. The van der Waals surface area contributed by atoms with Gasteiger partial charge in [0.15, 0.2) is 0 Å². The van der Waals surface area contributed by atoms with Gasteiger partial charge in [-0.15, -0.1) is 11.6 Å². The summed E-state index contributed by atoms with van der Waals surface area (Å²) in [5, 5.41) is 0.481. The van der Waals surface area contributed by atoms with Gasteiger partial charge in [0.05, 0.1) is 0 Å². The van der Waals surface area contributed by atoms with E-state index in [1.54, 1.807) is 0 Å². The smallest absolute Gasteiger partial charge is 0.0364 e. The monoisotopic (exact) mass is 230 g/mol. The van der Waals surface area contributed by atoms with Crippen LogP contribution in [-0.2, 0) is 0 Å². The Morgan fingerprint density at radius 3 is 2.53 bits per heavy atom. The zero-order valence-electron chi connectivity index (χ0n) is 10.5. The third-order valence-electron chi connectivity index (χ3n) is 4.00. The first-order valence-electron chi connectivity index (χ1n) is 6.92. The molecule has 15 heavy (non-hydrogen) atoms. The second-order valence-electron chi connectivity index (χ2n) is 5.21. The molecule has 0 radical (unpaired) electrons. The van der Waals surface area contributed by atoms with Crippen LogP contribution >= 0.6 is 11.6 Å². The van der Waals surface area contributed by atoms with Crippen LogP contribution in [0.2, 0.25) is 0 Å². The Kier molecular flexibility index (Phi) is 6.72. The molecule has 0 aromatic rings. The lowest BCUT2D eigenvalue weighted by Crippen LogP contribution is -2.25. The summed E-state index contributed by atoms with van der Waals surface area (Å²) < 4.78 is 0. The van der Waals surface area contributed by atoms with Gasteiger partial charge in [0.2, 0.25) is 0 Å². The topological polar surface area (TPSA) is 0 Å². The summed E-state index contributed by atoms with van der Waals surface area (Å²) in [5.74, 6) is 1.79. The van der Waals surface area contributed by atoms with E-state index in [9.17, 15) is 0 Å². The number of alkyl halides is 1. The average molecular weight is 231 g/mol. The lowest BCUT2D eigenvalue weighted by Gasteiger charge is -2.32. The zero-order chi connectivity index (χ0) is 11.1. The summed E-state index contributed by atoms with van der Waals surface area (Å²) in [4.78, 5) is 0. The van der Waals surface area contributed by atoms with Gasteiger partial charge in [-0.25, -0.2) is 0 Å². The molecule has 3 unspecified atom stereocenters. The predicted octanol–water partition coefficient (Wildman–Crippen LogP) is 5.39. The van der Waals surface area contributed by atoms with Gasteiger partial charge in [0.25, 0.3) is 0 Å². The molecule has 1 aliphatic rings. The molecule has 3 atom stereocenters. The van der Waals surface area contributed by atoms with Crippen molar-refractivity contribution < 1.29 is 0 Å². The van der Waals surface area contributed by atoms with Crippen molar-refractivity contribution in [1.29, 1.82) is 0 Å². The van der Waals surface area contributed by atoms with Gasteiger partial charge < -0.3 is 0 Å². The van der Waals surface area contributed by atoms with Crippen LogP contribution in [0.1, 0.15) is 71.6 Å². The van der Waals surface area contributed by atoms with Crippen molar-refractivity contribution in [3.05, 3.63) is 0 Å². The molecule has 0 heterocycles. The lowest BCUT2D eigenvalue weighted by molar-refractivity contribution is 0.250. The minimum atomic E-state index is 0.481. The van der Waals surface area contributed by atoms with Crippen LogP contribution in [0.15, 0.2) is 0 Å². The molecule has 0 bridgehead atoms. The van der Waals surface area contributed by atoms with E-state index in [2.05, 4.69) is 13.8 Å². The maximum absolute atomic E-state index is 6.42. The number of hydrogen-bond acceptors (Lipinski definition) is 0. The fraction of sp³-hybridized carbons (Fsp3) is 1.00. The van der Waals surface area contributed by atoms with Crippen molar-refractivity contribution in [2.45, 2.75) is 77.0 Å². The standard InChI is InChI=1S/C14H27Cl/c1-3-5-6-7-8-13-11-12(4-2)9-10-14(13)15/h12-14H,3-11H2,1-2H3. The van der Waals surface area contributed by atoms with E-state index < -0.39 is 0 Å². The van der Waals surface area contributed by atoms with Crippen molar-refractivity contribution in [1.82, 2.24) is 0 Å². The molecule has 0 aromatic carbocycles. The Balaban J connectivity index is 2.19. The minimum absolute atomic E-state index is 0.481. The highest BCUT2D eigenvalue weighted by Crippen LogP contribution is 2.37. The third kappa shape index (κ3) is 4.76. The van der Waals surface area contributed by atoms with Crippen molar-refractivity contribution >= 4 is 11.6 Å². The first-order chi connectivity index (χ1) is 7.27. The van der Waals surface area contributed by atoms with E-state index in [0.717, 1.165) is 11.8 Å². The van der Waals surface area contributed by atoms with Crippen LogP contribution in [-0.4, -0.2) is 5.38 Å². The molecule has 0 N–H and O–H groups in total. The molecule has 90 valence electrons. The van der Waals surface area contributed by atoms with Gasteiger partial charge in [0, 0.05) is 5.38 Å². The highest BCUT2D eigenvalue weighted by molar-refractivity contribution is 6.20. The third-order valence-corrected chi connectivity index (χ3v) is 4.58. The van der Waals surface area contributed by atoms with E-state index in [0.29, 0.717) is 5.38 Å². The van der Waals surface area contributed by atoms with Crippen molar-refractivity contribution in [2.75, 3.05) is 0 Å². The fourth-order valence-electron chi connectivity index (χ4n) is 2.83. The van der Waals surface area contributed by atoms with Crippen LogP contribution in [0.4, 0.5) is 0 Å². The van der Waals surface area contributed by atoms with Crippen LogP contribution in [0.25, 0.3) is 0 Å². The normalized spacial score (nSPS) is 31.8. The highest BCUT2D eigenvalue weighted by Gasteiger charge is 2.27. The van der Waals surface area contributed by atoms with Gasteiger partial charge in [0.1, 0.15) is 0 Å². The van der Waals surface area contributed by atoms with E-state index in [4.69, 9.17) is 11.6 Å². The van der Waals surface area contributed by atoms with Gasteiger partial charge in [-0.1, -0.05) is 46.0 Å². The number of halogens is 1. The molecule has 0 nitrogen and oxygen atoms in total. The summed E-state index contributed by atoms with van der Waals surface area (Å²) in [7, 11) is 0. The van der Waals surface area contributed by atoms with Gasteiger partial charge in [-0.3, -0.25) is 0 Å². The maximum Gasteiger partial charge on any atom is 0.0364 e. The molecule has 1 saturated carbocycles. The van der Waals surface area contributed by atoms with E-state index in [1.165, 1.54) is 57.8 Å². The van der Waals surface area contributed by atoms with E-state index in [1.807, 2.05) is 0 Å². The van der Waals surface area contributed by atoms with Crippen molar-refractivity contribution in [3.63, 3.8) is 0 Å². The molecule has 1 rings (SSSR count). The summed E-state index contributed by atoms with van der Waals surface area (Å²) in [6.45, 7) is 4.60. The number of unbranched alkanes of at least 4 members (excludes halogenated alkanes) is 3. The number of hydrogen-bond donors (Lipinski definition) is 0. The first-order valence-corrected chi connectivity index (χ1v) is 7.35. The molecule has 0 aliphatic heterocycles. The molecular formula is C14H27Cl. The molecule has 1 aliphatic carbocycles. The van der Waals surface area contributed by atoms with Gasteiger partial charge in [-0.2, -0.15) is 0 Å². The quantitative estimate of drug-likeness (QED) is 0.424. The number of rotatable bonds is 6. The van der Waals surface area contributed by atoms with Crippen LogP contribution in [0, 0.1) is 11.8 Å². The largest absolute Gasteiger partial charge is 0.123 e. The Bertz CT molecular complexity index is 155. The fourth-order valence-corrected chi connectivity index (χ4v) is 3.18. The average Bonchev–Trinajstić information content (AvgIpc) is 2.26. The molecular weight excluding hydrogens is 204 g/mol. The van der Waals surface area contributed by atoms with Crippen molar-refractivity contribution in [2.24, 2.45) is 11.8 Å². The summed E-state index contributed by atoms with van der Waals surface area (Å²) in [6, 6.07) is 0. The molecule has 0 aromatic heterocycles. The second-order valence-corrected chi connectivity index (χ2v) is 5.77. The van der Waals surface area contributed by atoms with Crippen LogP contribution in [0.5, 0.6) is 0 Å². The molecule has 1 heteroatoms. The van der Waals surface area contributed by atoms with E-state index in [-0.39, 0.29) is 0 Å². The SMILES string of the molecule is CCCCCCC1CC(CC)CCC1Cl. The Hall–Kier alpha value is 0.290. The second kappa shape index (κ2) is 7.54. The molecule has 0 saturated heterocycles. The lowest BCUT2D eigenvalue weighted by atomic mass is 9.77. The Morgan fingerprint density at radius 2 is 1.87 bits per heavy atom. The van der Waals surface area contributed by atoms with Gasteiger partial charge in [-0.05, 0) is 37.5 Å². The van der Waals surface area contributed by atoms with Crippen LogP contribution < -0.4 is 0 Å². The summed E-state index contributed by atoms with van der Waals surface area (Å²) in [6.07, 6.45) is 12.3. The minimum Gasteiger partial charge on any atom is -0.123 e. The van der Waals surface area contributed by atoms with Crippen molar-refractivity contribution in [3.8, 4) is 0 Å². The molecule has 0 amide bonds. The van der Waals surface area contributed by atoms with Crippen LogP contribution in [0.3, 0.4) is 0 Å². The predicted molar refractivity (Wildman–Crippen MR) is 69.5 cm³/mol. The van der Waals surface area contributed by atoms with E-state index >= 15 is 0 Å². The first kappa shape index (κ1) is 13.4. The Labute approximate surface area is 101 Å². The summed E-state index contributed by atoms with van der Waals surface area (Å²) >= 11 is 6.42. The zero-order valence-corrected chi connectivity index (χ0v) is 11.2. The molecule has 1 fully saturated rings. The summed E-state index contributed by atoms with van der Waals surface area (Å²) in [5.41, 5.74) is 0.